The summed E-state index contributed by atoms with van der Waals surface area (Å²) in [7, 11) is 0. The second kappa shape index (κ2) is 5.87. The number of benzene rings is 1. The summed E-state index contributed by atoms with van der Waals surface area (Å²) < 4.78 is 5.62. The Balaban J connectivity index is 2.44. The van der Waals surface area contributed by atoms with Gasteiger partial charge in [-0.2, -0.15) is 0 Å². The molecule has 1 aromatic carbocycles. The zero-order valence-electron chi connectivity index (χ0n) is 11.1. The number of hydrogen-bond acceptors (Lipinski definition) is 6. The monoisotopic (exact) mass is 288 g/mol. The van der Waals surface area contributed by atoms with Crippen LogP contribution in [0.15, 0.2) is 41.8 Å². The minimum Gasteiger partial charge on any atom is -0.454 e. The Hall–Kier alpha value is -3.16. The lowest BCUT2D eigenvalue weighted by molar-refractivity contribution is -0.385. The molecule has 1 heterocycles. The average Bonchev–Trinajstić information content (AvgIpc) is 2.49. The molecule has 0 saturated carbocycles. The van der Waals surface area contributed by atoms with Gasteiger partial charge >= 0.3 is 0 Å². The lowest BCUT2D eigenvalue weighted by atomic mass is 10.2. The maximum absolute atomic E-state index is 10.9. The van der Waals surface area contributed by atoms with E-state index in [-0.39, 0.29) is 17.3 Å². The van der Waals surface area contributed by atoms with E-state index in [4.69, 9.17) is 15.7 Å². The van der Waals surface area contributed by atoms with Crippen LogP contribution in [0.2, 0.25) is 0 Å². The Labute approximate surface area is 119 Å². The molecule has 0 aliphatic heterocycles. The fourth-order valence-corrected chi connectivity index (χ4v) is 1.76. The highest BCUT2D eigenvalue weighted by Gasteiger charge is 2.16. The van der Waals surface area contributed by atoms with Gasteiger partial charge in [0, 0.05) is 12.3 Å². The molecule has 21 heavy (non-hydrogen) atoms. The molecule has 8 nitrogen and oxygen atoms in total. The summed E-state index contributed by atoms with van der Waals surface area (Å²) in [5.41, 5.74) is 6.20. The van der Waals surface area contributed by atoms with E-state index < -0.39 is 4.92 Å². The molecular formula is C13H12N4O4. The van der Waals surface area contributed by atoms with Gasteiger partial charge < -0.3 is 15.7 Å². The third-order valence-corrected chi connectivity index (χ3v) is 2.84. The molecule has 0 radical (unpaired) electrons. The van der Waals surface area contributed by atoms with Gasteiger partial charge in [0.15, 0.2) is 11.6 Å². The van der Waals surface area contributed by atoms with Gasteiger partial charge in [-0.05, 0) is 19.1 Å². The first-order valence-corrected chi connectivity index (χ1v) is 5.88. The summed E-state index contributed by atoms with van der Waals surface area (Å²) >= 11 is 0. The molecule has 3 N–H and O–H groups in total. The molecular weight excluding hydrogens is 276 g/mol. The van der Waals surface area contributed by atoms with Crippen LogP contribution in [-0.4, -0.2) is 21.0 Å². The topological polar surface area (TPSA) is 124 Å². The zero-order chi connectivity index (χ0) is 15.4. The number of hydrogen-bond donors (Lipinski definition) is 2. The minimum absolute atomic E-state index is 0.0539. The van der Waals surface area contributed by atoms with Gasteiger partial charge in [0.2, 0.25) is 0 Å². The van der Waals surface area contributed by atoms with Crippen LogP contribution in [0.4, 0.5) is 5.69 Å². The molecule has 1 aromatic heterocycles. The van der Waals surface area contributed by atoms with Crippen molar-refractivity contribution in [1.29, 1.82) is 0 Å². The molecule has 0 aliphatic carbocycles. The van der Waals surface area contributed by atoms with E-state index in [0.29, 0.717) is 16.9 Å². The summed E-state index contributed by atoms with van der Waals surface area (Å²) in [4.78, 5) is 14.3. The molecule has 108 valence electrons. The fourth-order valence-electron chi connectivity index (χ4n) is 1.76. The summed E-state index contributed by atoms with van der Waals surface area (Å²) in [6.07, 6.45) is 2.84. The fraction of sp³-hybridized carbons (Fsp3) is 0.0769. The van der Waals surface area contributed by atoms with E-state index in [1.165, 1.54) is 30.6 Å². The van der Waals surface area contributed by atoms with Crippen LogP contribution in [0.25, 0.3) is 0 Å². The van der Waals surface area contributed by atoms with Crippen molar-refractivity contribution in [3.05, 3.63) is 57.9 Å². The molecule has 0 saturated heterocycles. The summed E-state index contributed by atoms with van der Waals surface area (Å²) in [6, 6.07) is 6.00. The van der Waals surface area contributed by atoms with Gasteiger partial charge in [0.05, 0.1) is 22.2 Å². The van der Waals surface area contributed by atoms with Crippen LogP contribution in [-0.2, 0) is 0 Å². The van der Waals surface area contributed by atoms with Crippen molar-refractivity contribution in [1.82, 2.24) is 4.98 Å². The molecule has 2 rings (SSSR count). The number of aromatic nitrogens is 1. The molecule has 2 aromatic rings. The Kier molecular flexibility index (Phi) is 3.98. The van der Waals surface area contributed by atoms with Gasteiger partial charge in [0.1, 0.15) is 5.75 Å². The van der Waals surface area contributed by atoms with Gasteiger partial charge in [-0.25, -0.2) is 0 Å². The van der Waals surface area contributed by atoms with E-state index in [2.05, 4.69) is 10.1 Å². The van der Waals surface area contributed by atoms with Gasteiger partial charge in [-0.3, -0.25) is 15.1 Å². The van der Waals surface area contributed by atoms with Crippen molar-refractivity contribution in [3.63, 3.8) is 0 Å². The Morgan fingerprint density at radius 2 is 2.19 bits per heavy atom. The minimum atomic E-state index is -0.490. The first kappa shape index (κ1) is 14.3. The molecule has 0 fully saturated rings. The third-order valence-electron chi connectivity index (χ3n) is 2.84. The van der Waals surface area contributed by atoms with Crippen LogP contribution in [0.1, 0.15) is 11.1 Å². The number of nitro benzene ring substituents is 1. The summed E-state index contributed by atoms with van der Waals surface area (Å²) in [5, 5.41) is 22.6. The van der Waals surface area contributed by atoms with Gasteiger partial charge in [-0.1, -0.05) is 11.2 Å². The predicted octanol–water partition coefficient (Wildman–Crippen LogP) is 2.19. The SMILES string of the molecule is Cc1c(Oc2cnccc2/C(N)=N/O)cccc1[N+](=O)[O-]. The molecule has 0 aliphatic rings. The van der Waals surface area contributed by atoms with E-state index in [0.717, 1.165) is 0 Å². The first-order chi connectivity index (χ1) is 10.0. The Bertz CT molecular complexity index is 715. The van der Waals surface area contributed by atoms with Crippen LogP contribution < -0.4 is 10.5 Å². The Morgan fingerprint density at radius 1 is 1.43 bits per heavy atom. The maximum atomic E-state index is 10.9. The third kappa shape index (κ3) is 2.89. The van der Waals surface area contributed by atoms with E-state index >= 15 is 0 Å². The second-order valence-corrected chi connectivity index (χ2v) is 4.12. The number of nitro groups is 1. The van der Waals surface area contributed by atoms with Crippen molar-refractivity contribution >= 4 is 11.5 Å². The van der Waals surface area contributed by atoms with Gasteiger partial charge in [-0.15, -0.1) is 0 Å². The van der Waals surface area contributed by atoms with E-state index in [1.54, 1.807) is 13.0 Å². The number of oxime groups is 1. The van der Waals surface area contributed by atoms with Gasteiger partial charge in [0.25, 0.3) is 5.69 Å². The molecule has 0 bridgehead atoms. The van der Waals surface area contributed by atoms with Crippen LogP contribution in [0.3, 0.4) is 0 Å². The second-order valence-electron chi connectivity index (χ2n) is 4.12. The van der Waals surface area contributed by atoms with E-state index in [9.17, 15) is 10.1 Å². The standard InChI is InChI=1S/C13H12N4O4/c1-8-10(17(19)20)3-2-4-11(8)21-12-7-15-6-5-9(12)13(14)16-18/h2-7,18H,1H3,(H2,14,16). The lowest BCUT2D eigenvalue weighted by Crippen LogP contribution is -2.14. The number of ether oxygens (including phenoxy) is 1. The smallest absolute Gasteiger partial charge is 0.276 e. The highest BCUT2D eigenvalue weighted by atomic mass is 16.6. The highest BCUT2D eigenvalue weighted by molar-refractivity contribution is 5.99. The first-order valence-electron chi connectivity index (χ1n) is 5.88. The van der Waals surface area contributed by atoms with E-state index in [1.807, 2.05) is 0 Å². The highest BCUT2D eigenvalue weighted by Crippen LogP contribution is 2.31. The molecule has 0 unspecified atom stereocenters. The van der Waals surface area contributed by atoms with Crippen molar-refractivity contribution in [2.24, 2.45) is 10.9 Å². The van der Waals surface area contributed by atoms with Crippen LogP contribution >= 0.6 is 0 Å². The number of pyridine rings is 1. The molecule has 0 amide bonds. The molecule has 8 heteroatoms. The average molecular weight is 288 g/mol. The number of rotatable bonds is 4. The maximum Gasteiger partial charge on any atom is 0.276 e. The lowest BCUT2D eigenvalue weighted by Gasteiger charge is -2.11. The molecule has 0 spiro atoms. The molecule has 0 atom stereocenters. The zero-order valence-corrected chi connectivity index (χ0v) is 11.1. The number of amidine groups is 1. The number of nitrogens with two attached hydrogens (primary N) is 1. The van der Waals surface area contributed by atoms with Crippen molar-refractivity contribution in [3.8, 4) is 11.5 Å². The van der Waals surface area contributed by atoms with Crippen LogP contribution in [0.5, 0.6) is 11.5 Å². The quantitative estimate of drug-likeness (QED) is 0.292. The Morgan fingerprint density at radius 3 is 2.86 bits per heavy atom. The normalized spacial score (nSPS) is 11.2. The largest absolute Gasteiger partial charge is 0.454 e. The summed E-state index contributed by atoms with van der Waals surface area (Å²) in [6.45, 7) is 1.58. The van der Waals surface area contributed by atoms with Crippen molar-refractivity contribution in [2.45, 2.75) is 6.92 Å². The van der Waals surface area contributed by atoms with Crippen molar-refractivity contribution in [2.75, 3.05) is 0 Å². The summed E-state index contributed by atoms with van der Waals surface area (Å²) in [5.74, 6) is 0.385. The number of nitrogens with zero attached hydrogens (tertiary/aromatic N) is 3. The van der Waals surface area contributed by atoms with Crippen molar-refractivity contribution < 1.29 is 14.9 Å². The van der Waals surface area contributed by atoms with Crippen LogP contribution in [0, 0.1) is 17.0 Å². The predicted molar refractivity (Wildman–Crippen MR) is 74.7 cm³/mol.